The van der Waals surface area contributed by atoms with Crippen molar-refractivity contribution in [2.45, 2.75) is 44.9 Å². The SMILES string of the molecule is Cc1ccc(C(c2ccccc2)C2CCCN(CCCCCNC(=O)COCC(=O)O)C2)cc1.[H-].[H-].[Mg+2]. The zero-order valence-electron chi connectivity index (χ0n) is 23.0. The quantitative estimate of drug-likeness (QED) is 0.325. The number of ether oxygens (including phenoxy) is 1. The summed E-state index contributed by atoms with van der Waals surface area (Å²) in [6.07, 6.45) is 5.56. The molecular formula is C28H40MgN2O4. The molecule has 188 valence electrons. The van der Waals surface area contributed by atoms with Crippen molar-refractivity contribution in [1.82, 2.24) is 10.2 Å². The maximum Gasteiger partial charge on any atom is 2.00 e. The number of piperidine rings is 1. The molecule has 1 heterocycles. The number of amides is 1. The van der Waals surface area contributed by atoms with Crippen LogP contribution in [-0.4, -0.2) is 84.3 Å². The average Bonchev–Trinajstić information content (AvgIpc) is 2.83. The van der Waals surface area contributed by atoms with Crippen LogP contribution in [0, 0.1) is 12.8 Å². The van der Waals surface area contributed by atoms with Crippen LogP contribution in [0.2, 0.25) is 0 Å². The van der Waals surface area contributed by atoms with Gasteiger partial charge in [0.2, 0.25) is 5.91 Å². The zero-order chi connectivity index (χ0) is 24.2. The molecule has 0 spiro atoms. The number of likely N-dealkylation sites (tertiary alicyclic amines) is 1. The topological polar surface area (TPSA) is 78.9 Å². The van der Waals surface area contributed by atoms with E-state index in [2.05, 4.69) is 71.7 Å². The van der Waals surface area contributed by atoms with E-state index in [1.54, 1.807) is 0 Å². The van der Waals surface area contributed by atoms with Crippen molar-refractivity contribution in [3.63, 3.8) is 0 Å². The minimum atomic E-state index is -1.07. The molecule has 2 unspecified atom stereocenters. The molecule has 0 saturated carbocycles. The van der Waals surface area contributed by atoms with Crippen LogP contribution in [0.25, 0.3) is 0 Å². The molecule has 2 aromatic rings. The second-order valence-corrected chi connectivity index (χ2v) is 9.30. The van der Waals surface area contributed by atoms with Crippen molar-refractivity contribution in [1.29, 1.82) is 0 Å². The van der Waals surface area contributed by atoms with Crippen molar-refractivity contribution in [2.24, 2.45) is 5.92 Å². The molecule has 7 heteroatoms. The number of carboxylic acid groups (broad SMARTS) is 1. The van der Waals surface area contributed by atoms with Gasteiger partial charge in [0, 0.05) is 19.0 Å². The number of aryl methyl sites for hydroxylation is 1. The van der Waals surface area contributed by atoms with Gasteiger partial charge in [-0.15, -0.1) is 0 Å². The predicted molar refractivity (Wildman–Crippen MR) is 142 cm³/mol. The molecular weight excluding hydrogens is 453 g/mol. The monoisotopic (exact) mass is 492 g/mol. The van der Waals surface area contributed by atoms with Gasteiger partial charge in [0.25, 0.3) is 0 Å². The number of unbranched alkanes of at least 4 members (excludes halogenated alkanes) is 2. The van der Waals surface area contributed by atoms with Crippen molar-refractivity contribution in [3.8, 4) is 0 Å². The first kappa shape index (κ1) is 29.3. The van der Waals surface area contributed by atoms with E-state index in [1.165, 1.54) is 29.5 Å². The Balaban J connectivity index is 0.00000432. The minimum Gasteiger partial charge on any atom is -1.00 e. The van der Waals surface area contributed by atoms with E-state index < -0.39 is 12.6 Å². The van der Waals surface area contributed by atoms with Crippen molar-refractivity contribution >= 4 is 34.9 Å². The number of nitrogens with zero attached hydrogens (tertiary/aromatic N) is 1. The Hall–Kier alpha value is -1.93. The molecule has 1 amide bonds. The van der Waals surface area contributed by atoms with Crippen LogP contribution in [-0.2, 0) is 14.3 Å². The number of rotatable bonds is 13. The van der Waals surface area contributed by atoms with E-state index in [0.29, 0.717) is 18.4 Å². The Kier molecular flexibility index (Phi) is 13.3. The van der Waals surface area contributed by atoms with E-state index in [4.69, 9.17) is 9.84 Å². The van der Waals surface area contributed by atoms with Gasteiger partial charge in [-0.2, -0.15) is 0 Å². The van der Waals surface area contributed by atoms with Gasteiger partial charge in [-0.05, 0) is 62.7 Å². The molecule has 0 aliphatic carbocycles. The molecule has 1 aliphatic heterocycles. The summed E-state index contributed by atoms with van der Waals surface area (Å²) in [4.78, 5) is 24.6. The third kappa shape index (κ3) is 10.3. The van der Waals surface area contributed by atoms with Gasteiger partial charge in [-0.25, -0.2) is 4.79 Å². The number of carbonyl (C=O) groups excluding carboxylic acids is 1. The fraction of sp³-hybridized carbons (Fsp3) is 0.500. The van der Waals surface area contributed by atoms with Crippen molar-refractivity contribution in [3.05, 3.63) is 71.3 Å². The first-order valence-corrected chi connectivity index (χ1v) is 12.4. The fourth-order valence-electron chi connectivity index (χ4n) is 4.88. The molecule has 2 atom stereocenters. The molecule has 2 aromatic carbocycles. The van der Waals surface area contributed by atoms with Crippen molar-refractivity contribution < 1.29 is 22.3 Å². The molecule has 0 aromatic heterocycles. The number of hydrogen-bond donors (Lipinski definition) is 2. The summed E-state index contributed by atoms with van der Waals surface area (Å²) in [5.41, 5.74) is 4.11. The van der Waals surface area contributed by atoms with Crippen LogP contribution in [0.4, 0.5) is 0 Å². The number of carbonyl (C=O) groups is 2. The van der Waals surface area contributed by atoms with Gasteiger partial charge < -0.3 is 22.9 Å². The van der Waals surface area contributed by atoms with E-state index in [1.807, 2.05) is 0 Å². The largest absolute Gasteiger partial charge is 2.00 e. The molecule has 1 aliphatic rings. The van der Waals surface area contributed by atoms with Gasteiger partial charge >= 0.3 is 29.0 Å². The Morgan fingerprint density at radius 3 is 2.49 bits per heavy atom. The predicted octanol–water partition coefficient (Wildman–Crippen LogP) is 4.07. The van der Waals surface area contributed by atoms with E-state index in [0.717, 1.165) is 38.9 Å². The second kappa shape index (κ2) is 15.9. The maximum absolute atomic E-state index is 11.6. The van der Waals surface area contributed by atoms with Gasteiger partial charge in [-0.3, -0.25) is 4.79 Å². The number of carboxylic acids is 1. The minimum absolute atomic E-state index is 0. The number of benzene rings is 2. The first-order valence-electron chi connectivity index (χ1n) is 12.4. The van der Waals surface area contributed by atoms with Gasteiger partial charge in [-0.1, -0.05) is 66.6 Å². The van der Waals surface area contributed by atoms with Crippen LogP contribution in [0.5, 0.6) is 0 Å². The summed E-state index contributed by atoms with van der Waals surface area (Å²) in [6, 6.07) is 20.0. The summed E-state index contributed by atoms with van der Waals surface area (Å²) in [6.45, 7) is 5.45. The standard InChI is InChI=1S/C28H38N2O4.Mg.2H/c1-22-12-14-24(15-13-22)28(23-9-4-2-5-10-23)25-11-8-18-30(19-25)17-7-3-6-16-29-26(31)20-34-21-27(32)33;;;/h2,4-5,9-10,12-15,25,28H,3,6-8,11,16-21H2,1H3,(H,29,31)(H,32,33);;;/q;+2;2*-1. The van der Waals surface area contributed by atoms with Gasteiger partial charge in [0.15, 0.2) is 0 Å². The number of hydrogen-bond acceptors (Lipinski definition) is 4. The third-order valence-electron chi connectivity index (χ3n) is 6.54. The first-order chi connectivity index (χ1) is 16.5. The molecule has 6 nitrogen and oxygen atoms in total. The number of aliphatic carboxylic acids is 1. The molecule has 3 rings (SSSR count). The van der Waals surface area contributed by atoms with Gasteiger partial charge in [0.05, 0.1) is 0 Å². The molecule has 35 heavy (non-hydrogen) atoms. The normalized spacial score (nSPS) is 16.8. The van der Waals surface area contributed by atoms with Crippen molar-refractivity contribution in [2.75, 3.05) is 39.4 Å². The third-order valence-corrected chi connectivity index (χ3v) is 6.54. The van der Waals surface area contributed by atoms with Crippen LogP contribution in [0.3, 0.4) is 0 Å². The zero-order valence-corrected chi connectivity index (χ0v) is 22.4. The van der Waals surface area contributed by atoms with Gasteiger partial charge in [0.1, 0.15) is 13.2 Å². The van der Waals surface area contributed by atoms with Crippen LogP contribution < -0.4 is 5.32 Å². The molecule has 1 saturated heterocycles. The molecule has 1 fully saturated rings. The van der Waals surface area contributed by atoms with Crippen LogP contribution in [0.1, 0.15) is 57.6 Å². The fourth-order valence-corrected chi connectivity index (χ4v) is 4.88. The number of nitrogens with one attached hydrogen (secondary N) is 1. The summed E-state index contributed by atoms with van der Waals surface area (Å²) in [5.74, 6) is -0.308. The maximum atomic E-state index is 11.6. The van der Waals surface area contributed by atoms with E-state index in [-0.39, 0.29) is 38.4 Å². The molecule has 0 radical (unpaired) electrons. The Bertz CT molecular complexity index is 903. The second-order valence-electron chi connectivity index (χ2n) is 9.30. The summed E-state index contributed by atoms with van der Waals surface area (Å²) >= 11 is 0. The summed E-state index contributed by atoms with van der Waals surface area (Å²) in [7, 11) is 0. The summed E-state index contributed by atoms with van der Waals surface area (Å²) < 4.78 is 4.80. The Labute approximate surface area is 228 Å². The van der Waals surface area contributed by atoms with E-state index >= 15 is 0 Å². The molecule has 0 bridgehead atoms. The Morgan fingerprint density at radius 2 is 1.77 bits per heavy atom. The smallest absolute Gasteiger partial charge is 1.00 e. The van der Waals surface area contributed by atoms with Crippen LogP contribution in [0.15, 0.2) is 54.6 Å². The molecule has 2 N–H and O–H groups in total. The van der Waals surface area contributed by atoms with E-state index in [9.17, 15) is 9.59 Å². The van der Waals surface area contributed by atoms with Crippen LogP contribution >= 0.6 is 0 Å². The average molecular weight is 493 g/mol. The summed E-state index contributed by atoms with van der Waals surface area (Å²) in [5, 5.41) is 11.3. The Morgan fingerprint density at radius 1 is 1.06 bits per heavy atom.